The molecule has 0 heterocycles. The second kappa shape index (κ2) is 3.56. The van der Waals surface area contributed by atoms with E-state index < -0.39 is 37.5 Å². The van der Waals surface area contributed by atoms with E-state index in [-0.39, 0.29) is 0 Å². The van der Waals surface area contributed by atoms with Crippen molar-refractivity contribution in [1.82, 2.24) is 0 Å². The van der Waals surface area contributed by atoms with E-state index in [1.807, 2.05) is 0 Å². The lowest BCUT2D eigenvalue weighted by molar-refractivity contribution is -0.870. The van der Waals surface area contributed by atoms with E-state index in [1.165, 1.54) is 0 Å². The molecule has 1 unspecified atom stereocenters. The van der Waals surface area contributed by atoms with E-state index in [0.717, 1.165) is 6.92 Å². The molecule has 0 saturated carbocycles. The van der Waals surface area contributed by atoms with Gasteiger partial charge in [-0.25, -0.2) is 0 Å². The third kappa shape index (κ3) is 7.43. The third-order valence-corrected chi connectivity index (χ3v) is 0.473. The quantitative estimate of drug-likeness (QED) is 0.431. The van der Waals surface area contributed by atoms with Crippen LogP contribution in [-0.2, 0) is 9.53 Å². The van der Waals surface area contributed by atoms with Crippen molar-refractivity contribution in [1.29, 1.82) is 0 Å². The van der Waals surface area contributed by atoms with Crippen LogP contribution in [0.3, 0.4) is 0 Å². The number of carbonyl (C=O) groups is 1. The summed E-state index contributed by atoms with van der Waals surface area (Å²) >= 11 is 0. The summed E-state index contributed by atoms with van der Waals surface area (Å²) in [6.45, 7) is -11.2. The zero-order chi connectivity index (χ0) is 15.9. The predicted octanol–water partition coefficient (Wildman–Crippen LogP) is 0.256. The van der Waals surface area contributed by atoms with Crippen molar-refractivity contribution < 1.29 is 26.4 Å². The number of nitrogens with zero attached hydrogens (tertiary/aromatic N) is 1. The Hall–Kier alpha value is -0.570. The molecule has 0 bridgehead atoms. The molecular formula is C7H16NO2+. The molecule has 60 valence electrons. The molecule has 0 radical (unpaired) electrons. The zero-order valence-corrected chi connectivity index (χ0v) is 5.84. The number of carbonyl (C=O) groups excluding carboxylic acids is 1. The van der Waals surface area contributed by atoms with Crippen molar-refractivity contribution in [3.8, 4) is 0 Å². The second-order valence-electron chi connectivity index (χ2n) is 1.88. The van der Waals surface area contributed by atoms with Crippen molar-refractivity contribution in [2.24, 2.45) is 0 Å². The molecule has 0 spiro atoms. The summed E-state index contributed by atoms with van der Waals surface area (Å²) in [7, 11) is 0.707. The first-order chi connectivity index (χ1) is 8.11. The first kappa shape index (κ1) is 2.21. The smallest absolute Gasteiger partial charge is 0.302 e. The van der Waals surface area contributed by atoms with Gasteiger partial charge in [0.15, 0.2) is 0 Å². The molecule has 0 rings (SSSR count). The van der Waals surface area contributed by atoms with Gasteiger partial charge in [0.25, 0.3) is 0 Å². The summed E-state index contributed by atoms with van der Waals surface area (Å²) in [5, 5.41) is 0. The summed E-state index contributed by atoms with van der Waals surface area (Å²) in [4.78, 5) is 10.8. The van der Waals surface area contributed by atoms with E-state index in [0.29, 0.717) is 7.05 Å². The highest BCUT2D eigenvalue weighted by molar-refractivity contribution is 5.65. The average molecular weight is 155 g/mol. The fourth-order valence-corrected chi connectivity index (χ4v) is 0.190. The lowest BCUT2D eigenvalue weighted by Crippen LogP contribution is -2.37. The first-order valence-corrected chi connectivity index (χ1v) is 2.51. The predicted molar refractivity (Wildman–Crippen MR) is 39.5 cm³/mol. The van der Waals surface area contributed by atoms with Gasteiger partial charge in [0.05, 0.1) is 33.4 Å². The third-order valence-electron chi connectivity index (χ3n) is 0.473. The van der Waals surface area contributed by atoms with Crippen molar-refractivity contribution in [3.63, 3.8) is 0 Å². The molecule has 0 aliphatic heterocycles. The van der Waals surface area contributed by atoms with Crippen LogP contribution in [0.5, 0.6) is 0 Å². The summed E-state index contributed by atoms with van der Waals surface area (Å²) in [6, 6.07) is 0. The van der Waals surface area contributed by atoms with Crippen molar-refractivity contribution in [2.75, 3.05) is 34.1 Å². The number of hydrogen-bond donors (Lipinski definition) is 0. The SMILES string of the molecule is [2H]C([2H])[N+](C)(C([2H])([2H])[2H])C([2H])([2H])C([2H])([2H])OC(C)=O. The fourth-order valence-electron chi connectivity index (χ4n) is 0.190. The minimum Gasteiger partial charge on any atom is -0.460 e. The van der Waals surface area contributed by atoms with Gasteiger partial charge in [-0.15, -0.1) is 0 Å². The minimum atomic E-state index is -3.32. The molecule has 0 saturated heterocycles. The van der Waals surface area contributed by atoms with Gasteiger partial charge >= 0.3 is 5.97 Å². The van der Waals surface area contributed by atoms with Gasteiger partial charge < -0.3 is 9.22 Å². The summed E-state index contributed by atoms with van der Waals surface area (Å²) in [5.41, 5.74) is 0. The Morgan fingerprint density at radius 3 is 3.00 bits per heavy atom. The molecule has 10 heavy (non-hydrogen) atoms. The Morgan fingerprint density at radius 2 is 2.60 bits per heavy atom. The number of rotatable bonds is 3. The van der Waals surface area contributed by atoms with Crippen LogP contribution in [0.1, 0.15) is 19.3 Å². The fraction of sp³-hybridized carbons (Fsp3) is 0.857. The maximum atomic E-state index is 10.8. The second-order valence-corrected chi connectivity index (χ2v) is 1.88. The summed E-state index contributed by atoms with van der Waals surface area (Å²) < 4.78 is 68.6. The Bertz CT molecular complexity index is 353. The molecule has 3 nitrogen and oxygen atoms in total. The van der Waals surface area contributed by atoms with Crippen LogP contribution in [-0.4, -0.2) is 44.5 Å². The number of likely N-dealkylation sites (N-methyl/N-ethyl adjacent to an activating group) is 1. The largest absolute Gasteiger partial charge is 0.460 e. The Labute approximate surface area is 74.8 Å². The van der Waals surface area contributed by atoms with Crippen LogP contribution in [0.15, 0.2) is 0 Å². The molecule has 3 heteroatoms. The van der Waals surface area contributed by atoms with E-state index in [4.69, 9.17) is 12.3 Å². The Morgan fingerprint density at radius 1 is 1.90 bits per heavy atom. The number of quaternary nitrogens is 1. The molecule has 0 fully saturated rings. The van der Waals surface area contributed by atoms with Crippen LogP contribution in [0, 0.1) is 0 Å². The Balaban J connectivity index is 5.89. The summed E-state index contributed by atoms with van der Waals surface area (Å²) in [6.07, 6.45) is 0. The van der Waals surface area contributed by atoms with E-state index >= 15 is 0 Å². The van der Waals surface area contributed by atoms with Gasteiger partial charge in [-0.3, -0.25) is 4.79 Å². The molecule has 0 amide bonds. The number of hydrogen-bond acceptors (Lipinski definition) is 2. The highest BCUT2D eigenvalue weighted by atomic mass is 16.5. The maximum absolute atomic E-state index is 10.8. The van der Waals surface area contributed by atoms with E-state index in [9.17, 15) is 4.79 Å². The van der Waals surface area contributed by atoms with Crippen molar-refractivity contribution in [2.45, 2.75) is 6.92 Å². The van der Waals surface area contributed by atoms with Crippen LogP contribution < -0.4 is 0 Å². The van der Waals surface area contributed by atoms with Gasteiger partial charge in [-0.2, -0.15) is 0 Å². The lowest BCUT2D eigenvalue weighted by atomic mass is 10.5. The first-order valence-electron chi connectivity index (χ1n) is 7.17. The normalized spacial score (nSPS) is 33.7. The molecular weight excluding hydrogens is 130 g/mol. The van der Waals surface area contributed by atoms with Crippen molar-refractivity contribution in [3.05, 3.63) is 0 Å². The van der Waals surface area contributed by atoms with Crippen LogP contribution in [0.4, 0.5) is 0 Å². The molecule has 0 N–H and O–H groups in total. The van der Waals surface area contributed by atoms with Gasteiger partial charge in [-0.1, -0.05) is 0 Å². The molecule has 0 aromatic carbocycles. The standard InChI is InChI=1S/C7H16NO2/c1-7(9)10-6-5-8(2,3)4/h5-6H2,1-4H3/q+1/i2D2,3D3,5D2,6D2. The van der Waals surface area contributed by atoms with Gasteiger partial charge in [0, 0.05) is 6.92 Å². The van der Waals surface area contributed by atoms with E-state index in [1.54, 1.807) is 0 Å². The van der Waals surface area contributed by atoms with Gasteiger partial charge in [-0.05, 0) is 0 Å². The summed E-state index contributed by atoms with van der Waals surface area (Å²) in [5.74, 6) is -1.14. The maximum Gasteiger partial charge on any atom is 0.302 e. The van der Waals surface area contributed by atoms with Crippen LogP contribution in [0.2, 0.25) is 0 Å². The van der Waals surface area contributed by atoms with Gasteiger partial charge in [0.2, 0.25) is 0 Å². The minimum absolute atomic E-state index is 0.707. The number of ether oxygens (including phenoxy) is 1. The molecule has 0 aromatic rings. The van der Waals surface area contributed by atoms with Crippen LogP contribution >= 0.6 is 0 Å². The lowest BCUT2D eigenvalue weighted by Gasteiger charge is -2.23. The zero-order valence-electron chi connectivity index (χ0n) is 14.8. The number of esters is 1. The molecule has 0 aromatic heterocycles. The highest BCUT2D eigenvalue weighted by Crippen LogP contribution is 1.88. The highest BCUT2D eigenvalue weighted by Gasteiger charge is 2.06. The Kier molecular flexibility index (Phi) is 0.786. The molecule has 1 atom stereocenters. The van der Waals surface area contributed by atoms with Gasteiger partial charge in [0.1, 0.15) is 13.1 Å². The average Bonchev–Trinajstić information content (AvgIpc) is 2.11. The van der Waals surface area contributed by atoms with E-state index in [2.05, 4.69) is 4.74 Å². The molecule has 0 aliphatic carbocycles. The van der Waals surface area contributed by atoms with Crippen molar-refractivity contribution >= 4 is 5.97 Å². The molecule has 0 aliphatic rings. The van der Waals surface area contributed by atoms with Crippen LogP contribution in [0.25, 0.3) is 0 Å². The topological polar surface area (TPSA) is 26.3 Å². The monoisotopic (exact) mass is 155 g/mol.